The Bertz CT molecular complexity index is 826. The highest BCUT2D eigenvalue weighted by molar-refractivity contribution is 7.91. The molecular formula is C19H23NO3S2. The number of hydrogen-bond acceptors (Lipinski definition) is 4. The van der Waals surface area contributed by atoms with Crippen molar-refractivity contribution in [3.05, 3.63) is 45.6 Å². The molecule has 0 atom stereocenters. The first-order valence-electron chi connectivity index (χ1n) is 8.75. The highest BCUT2D eigenvalue weighted by Gasteiger charge is 2.16. The number of rotatable bonds is 4. The summed E-state index contributed by atoms with van der Waals surface area (Å²) in [4.78, 5) is 14.9. The van der Waals surface area contributed by atoms with Crippen molar-refractivity contribution in [1.29, 1.82) is 0 Å². The van der Waals surface area contributed by atoms with Crippen molar-refractivity contribution < 1.29 is 13.2 Å². The Morgan fingerprint density at radius 1 is 1.08 bits per heavy atom. The molecule has 0 saturated heterocycles. The average Bonchev–Trinajstić information content (AvgIpc) is 2.97. The van der Waals surface area contributed by atoms with Crippen LogP contribution in [-0.2, 0) is 22.7 Å². The van der Waals surface area contributed by atoms with Gasteiger partial charge in [-0.3, -0.25) is 4.79 Å². The lowest BCUT2D eigenvalue weighted by Crippen LogP contribution is -2.10. The molecule has 1 aromatic carbocycles. The number of thiophene rings is 1. The number of hydrogen-bond donors (Lipinski definition) is 1. The molecule has 3 rings (SSSR count). The fourth-order valence-corrected chi connectivity index (χ4v) is 5.09. The van der Waals surface area contributed by atoms with E-state index in [9.17, 15) is 13.2 Å². The van der Waals surface area contributed by atoms with Gasteiger partial charge in [0, 0.05) is 10.6 Å². The van der Waals surface area contributed by atoms with Crippen molar-refractivity contribution in [1.82, 2.24) is 0 Å². The molecule has 134 valence electrons. The number of benzene rings is 1. The molecule has 0 bridgehead atoms. The normalized spacial score (nSPS) is 15.1. The van der Waals surface area contributed by atoms with Crippen LogP contribution < -0.4 is 5.32 Å². The van der Waals surface area contributed by atoms with Crippen molar-refractivity contribution in [2.75, 3.05) is 11.1 Å². The van der Waals surface area contributed by atoms with E-state index in [1.165, 1.54) is 36.1 Å². The summed E-state index contributed by atoms with van der Waals surface area (Å²) in [7, 11) is -3.22. The summed E-state index contributed by atoms with van der Waals surface area (Å²) in [6, 6.07) is 8.40. The predicted molar refractivity (Wildman–Crippen MR) is 102 cm³/mol. The van der Waals surface area contributed by atoms with Crippen LogP contribution in [0.1, 0.15) is 52.7 Å². The van der Waals surface area contributed by atoms with Gasteiger partial charge in [0.15, 0.2) is 9.84 Å². The van der Waals surface area contributed by atoms with Crippen molar-refractivity contribution >= 4 is 32.8 Å². The second-order valence-electron chi connectivity index (χ2n) is 6.36. The molecule has 0 radical (unpaired) electrons. The number of aryl methyl sites for hydroxylation is 2. The molecule has 1 aliphatic carbocycles. The van der Waals surface area contributed by atoms with Crippen LogP contribution in [0.5, 0.6) is 0 Å². The van der Waals surface area contributed by atoms with Gasteiger partial charge in [0.1, 0.15) is 0 Å². The van der Waals surface area contributed by atoms with Crippen LogP contribution in [0.15, 0.2) is 35.2 Å². The SMILES string of the molecule is CCS(=O)(=O)c1ccc(NC(=O)c2cc3c(s2)CCCCCC3)cc1. The number of sulfone groups is 1. The lowest BCUT2D eigenvalue weighted by Gasteiger charge is -2.07. The van der Waals surface area contributed by atoms with Crippen molar-refractivity contribution in [3.8, 4) is 0 Å². The third-order valence-corrected chi connectivity index (χ3v) is 7.56. The second-order valence-corrected chi connectivity index (χ2v) is 9.77. The maximum Gasteiger partial charge on any atom is 0.265 e. The van der Waals surface area contributed by atoms with Crippen LogP contribution in [-0.4, -0.2) is 20.1 Å². The second kappa shape index (κ2) is 7.70. The molecule has 0 unspecified atom stereocenters. The van der Waals surface area contributed by atoms with Crippen LogP contribution in [0.4, 0.5) is 5.69 Å². The monoisotopic (exact) mass is 377 g/mol. The fraction of sp³-hybridized carbons (Fsp3) is 0.421. The van der Waals surface area contributed by atoms with Crippen LogP contribution in [0.3, 0.4) is 0 Å². The summed E-state index contributed by atoms with van der Waals surface area (Å²) in [5.74, 6) is -0.0535. The lowest BCUT2D eigenvalue weighted by atomic mass is 10.00. The minimum atomic E-state index is -3.22. The minimum absolute atomic E-state index is 0.0689. The molecule has 2 aromatic rings. The van der Waals surface area contributed by atoms with E-state index in [0.29, 0.717) is 5.69 Å². The van der Waals surface area contributed by atoms with Gasteiger partial charge in [-0.1, -0.05) is 19.8 Å². The van der Waals surface area contributed by atoms with Gasteiger partial charge < -0.3 is 5.32 Å². The first kappa shape index (κ1) is 18.1. The molecule has 0 spiro atoms. The first-order valence-corrected chi connectivity index (χ1v) is 11.2. The Morgan fingerprint density at radius 3 is 2.44 bits per heavy atom. The maximum absolute atomic E-state index is 12.5. The third kappa shape index (κ3) is 4.30. The molecule has 1 aliphatic rings. The smallest absolute Gasteiger partial charge is 0.265 e. The van der Waals surface area contributed by atoms with Gasteiger partial charge in [-0.15, -0.1) is 11.3 Å². The molecule has 1 heterocycles. The molecule has 4 nitrogen and oxygen atoms in total. The van der Waals surface area contributed by atoms with Gasteiger partial charge in [-0.2, -0.15) is 0 Å². The molecule has 0 fully saturated rings. The van der Waals surface area contributed by atoms with E-state index < -0.39 is 9.84 Å². The van der Waals surface area contributed by atoms with Crippen LogP contribution >= 0.6 is 11.3 Å². The Labute approximate surface area is 153 Å². The predicted octanol–water partition coefficient (Wildman–Crippen LogP) is 4.45. The summed E-state index contributed by atoms with van der Waals surface area (Å²) in [6.45, 7) is 1.62. The van der Waals surface area contributed by atoms with Gasteiger partial charge in [0.05, 0.1) is 15.5 Å². The first-order chi connectivity index (χ1) is 12.0. The Morgan fingerprint density at radius 2 is 1.76 bits per heavy atom. The number of anilines is 1. The molecule has 1 N–H and O–H groups in total. The number of carbonyl (C=O) groups excluding carboxylic acids is 1. The zero-order valence-electron chi connectivity index (χ0n) is 14.4. The van der Waals surface area contributed by atoms with Gasteiger partial charge in [-0.25, -0.2) is 8.42 Å². The zero-order chi connectivity index (χ0) is 17.9. The van der Waals surface area contributed by atoms with E-state index >= 15 is 0 Å². The summed E-state index contributed by atoms with van der Waals surface area (Å²) in [5.41, 5.74) is 1.93. The van der Waals surface area contributed by atoms with E-state index in [4.69, 9.17) is 0 Å². The van der Waals surface area contributed by atoms with E-state index in [1.807, 2.05) is 6.07 Å². The van der Waals surface area contributed by atoms with Gasteiger partial charge >= 0.3 is 0 Å². The van der Waals surface area contributed by atoms with Gasteiger partial charge in [0.2, 0.25) is 0 Å². The summed E-state index contributed by atoms with van der Waals surface area (Å²) in [6.07, 6.45) is 7.05. The Hall–Kier alpha value is -1.66. The number of fused-ring (bicyclic) bond motifs is 1. The lowest BCUT2D eigenvalue weighted by molar-refractivity contribution is 0.103. The summed E-state index contributed by atoms with van der Waals surface area (Å²) >= 11 is 1.59. The van der Waals surface area contributed by atoms with Crippen LogP contribution in [0, 0.1) is 0 Å². The standard InChI is InChI=1S/C19H23NO3S2/c1-2-25(22,23)16-11-9-15(10-12-16)20-19(21)18-13-14-7-5-3-4-6-8-17(14)24-18/h9-13H,2-8H2,1H3,(H,20,21). The minimum Gasteiger partial charge on any atom is -0.321 e. The highest BCUT2D eigenvalue weighted by atomic mass is 32.2. The molecule has 25 heavy (non-hydrogen) atoms. The topological polar surface area (TPSA) is 63.2 Å². The maximum atomic E-state index is 12.5. The number of carbonyl (C=O) groups is 1. The molecule has 0 aliphatic heterocycles. The van der Waals surface area contributed by atoms with E-state index in [0.717, 1.165) is 17.7 Å². The average molecular weight is 378 g/mol. The van der Waals surface area contributed by atoms with Crippen LogP contribution in [0.2, 0.25) is 0 Å². The molecule has 1 aromatic heterocycles. The van der Waals surface area contributed by atoms with Crippen LogP contribution in [0.25, 0.3) is 0 Å². The van der Waals surface area contributed by atoms with E-state index in [2.05, 4.69) is 5.32 Å². The third-order valence-electron chi connectivity index (χ3n) is 4.57. The molecular weight excluding hydrogens is 354 g/mol. The van der Waals surface area contributed by atoms with Crippen molar-refractivity contribution in [2.24, 2.45) is 0 Å². The Balaban J connectivity index is 1.73. The van der Waals surface area contributed by atoms with E-state index in [-0.39, 0.29) is 16.6 Å². The quantitative estimate of drug-likeness (QED) is 0.856. The van der Waals surface area contributed by atoms with Gasteiger partial charge in [-0.05, 0) is 61.6 Å². The van der Waals surface area contributed by atoms with E-state index in [1.54, 1.807) is 42.5 Å². The number of amides is 1. The fourth-order valence-electron chi connectivity index (χ4n) is 3.06. The number of nitrogens with one attached hydrogen (secondary N) is 1. The molecule has 1 amide bonds. The largest absolute Gasteiger partial charge is 0.321 e. The summed E-state index contributed by atoms with van der Waals surface area (Å²) in [5, 5.41) is 2.87. The molecule has 6 heteroatoms. The Kier molecular flexibility index (Phi) is 5.59. The zero-order valence-corrected chi connectivity index (χ0v) is 16.0. The van der Waals surface area contributed by atoms with Crippen molar-refractivity contribution in [3.63, 3.8) is 0 Å². The summed E-state index contributed by atoms with van der Waals surface area (Å²) < 4.78 is 23.7. The highest BCUT2D eigenvalue weighted by Crippen LogP contribution is 2.29. The van der Waals surface area contributed by atoms with Crippen molar-refractivity contribution in [2.45, 2.75) is 50.3 Å². The molecule has 0 saturated carbocycles. The van der Waals surface area contributed by atoms with Gasteiger partial charge in [0.25, 0.3) is 5.91 Å².